The van der Waals surface area contributed by atoms with E-state index < -0.39 is 0 Å². The van der Waals surface area contributed by atoms with Crippen molar-refractivity contribution in [3.05, 3.63) is 72.1 Å². The minimum absolute atomic E-state index is 0.189. The molecule has 4 nitrogen and oxygen atoms in total. The largest absolute Gasteiger partial charge is 0.497 e. The summed E-state index contributed by atoms with van der Waals surface area (Å²) >= 11 is 1.45. The van der Waals surface area contributed by atoms with E-state index in [1.54, 1.807) is 13.3 Å². The third-order valence-corrected chi connectivity index (χ3v) is 4.85. The minimum atomic E-state index is 0.189. The average molecular weight is 352 g/mol. The van der Waals surface area contributed by atoms with Gasteiger partial charge in [-0.25, -0.2) is 4.98 Å². The Morgan fingerprint density at radius 1 is 1.20 bits per heavy atom. The van der Waals surface area contributed by atoms with E-state index in [0.29, 0.717) is 12.2 Å². The van der Waals surface area contributed by atoms with E-state index in [4.69, 9.17) is 4.74 Å². The molecule has 128 valence electrons. The zero-order valence-electron chi connectivity index (χ0n) is 14.3. The summed E-state index contributed by atoms with van der Waals surface area (Å²) in [5.41, 5.74) is 3.21. The first-order chi connectivity index (χ1) is 12.2. The van der Waals surface area contributed by atoms with Crippen molar-refractivity contribution in [3.63, 3.8) is 0 Å². The second kappa shape index (κ2) is 8.03. The molecule has 1 aromatic heterocycles. The van der Waals surface area contributed by atoms with Crippen molar-refractivity contribution >= 4 is 17.5 Å². The second-order valence-electron chi connectivity index (χ2n) is 5.77. The van der Waals surface area contributed by atoms with Crippen molar-refractivity contribution in [1.82, 2.24) is 9.55 Å². The van der Waals surface area contributed by atoms with Crippen molar-refractivity contribution in [1.29, 1.82) is 0 Å². The quantitative estimate of drug-likeness (QED) is 0.601. The molecule has 1 heterocycles. The van der Waals surface area contributed by atoms with Gasteiger partial charge in [-0.05, 0) is 24.6 Å². The number of aryl methyl sites for hydroxylation is 1. The number of nitrogens with zero attached hydrogens (tertiary/aromatic N) is 2. The van der Waals surface area contributed by atoms with Crippen LogP contribution < -0.4 is 4.74 Å². The SMILES string of the molecule is COc1cccc(-n2ccnc2SCC(=O)Cc2ccc(C)cc2)c1. The molecule has 0 unspecified atom stereocenters. The zero-order chi connectivity index (χ0) is 17.6. The van der Waals surface area contributed by atoms with E-state index in [0.717, 1.165) is 22.2 Å². The lowest BCUT2D eigenvalue weighted by molar-refractivity contribution is -0.116. The highest BCUT2D eigenvalue weighted by atomic mass is 32.2. The van der Waals surface area contributed by atoms with Crippen LogP contribution in [0.5, 0.6) is 5.75 Å². The van der Waals surface area contributed by atoms with E-state index in [1.807, 2.05) is 66.2 Å². The summed E-state index contributed by atoms with van der Waals surface area (Å²) in [6, 6.07) is 15.9. The molecule has 0 amide bonds. The van der Waals surface area contributed by atoms with Gasteiger partial charge in [-0.15, -0.1) is 0 Å². The highest BCUT2D eigenvalue weighted by Crippen LogP contribution is 2.23. The van der Waals surface area contributed by atoms with E-state index in [1.165, 1.54) is 17.3 Å². The van der Waals surface area contributed by atoms with Crippen LogP contribution in [-0.4, -0.2) is 28.2 Å². The first-order valence-electron chi connectivity index (χ1n) is 8.03. The Balaban J connectivity index is 1.65. The lowest BCUT2D eigenvalue weighted by atomic mass is 10.1. The van der Waals surface area contributed by atoms with Crippen LogP contribution in [0.15, 0.2) is 66.1 Å². The fraction of sp³-hybridized carbons (Fsp3) is 0.200. The van der Waals surface area contributed by atoms with Crippen LogP contribution in [0.25, 0.3) is 5.69 Å². The topological polar surface area (TPSA) is 44.1 Å². The molecule has 0 radical (unpaired) electrons. The number of methoxy groups -OCH3 is 1. The van der Waals surface area contributed by atoms with Crippen molar-refractivity contribution < 1.29 is 9.53 Å². The van der Waals surface area contributed by atoms with Crippen LogP contribution in [0, 0.1) is 6.92 Å². The van der Waals surface area contributed by atoms with Gasteiger partial charge in [0.2, 0.25) is 0 Å². The number of imidazole rings is 1. The minimum Gasteiger partial charge on any atom is -0.497 e. The van der Waals surface area contributed by atoms with Gasteiger partial charge in [0.05, 0.1) is 18.6 Å². The molecule has 0 spiro atoms. The normalized spacial score (nSPS) is 10.6. The van der Waals surface area contributed by atoms with Crippen LogP contribution in [0.2, 0.25) is 0 Å². The van der Waals surface area contributed by atoms with Crippen molar-refractivity contribution in [2.24, 2.45) is 0 Å². The van der Waals surface area contributed by atoms with Gasteiger partial charge in [-0.2, -0.15) is 0 Å². The number of ether oxygens (including phenoxy) is 1. The monoisotopic (exact) mass is 352 g/mol. The number of ketones is 1. The van der Waals surface area contributed by atoms with Crippen LogP contribution >= 0.6 is 11.8 Å². The third-order valence-electron chi connectivity index (χ3n) is 3.82. The third kappa shape index (κ3) is 4.51. The Morgan fingerprint density at radius 2 is 2.00 bits per heavy atom. The number of benzene rings is 2. The lowest BCUT2D eigenvalue weighted by Gasteiger charge is -2.09. The Morgan fingerprint density at radius 3 is 2.76 bits per heavy atom. The van der Waals surface area contributed by atoms with Gasteiger partial charge in [0.15, 0.2) is 5.16 Å². The van der Waals surface area contributed by atoms with E-state index >= 15 is 0 Å². The Hall–Kier alpha value is -2.53. The summed E-state index contributed by atoms with van der Waals surface area (Å²) in [6.07, 6.45) is 4.08. The first kappa shape index (κ1) is 17.3. The molecule has 3 rings (SSSR count). The summed E-state index contributed by atoms with van der Waals surface area (Å²) in [6.45, 7) is 2.04. The zero-order valence-corrected chi connectivity index (χ0v) is 15.1. The number of hydrogen-bond acceptors (Lipinski definition) is 4. The van der Waals surface area contributed by atoms with Gasteiger partial charge in [0.25, 0.3) is 0 Å². The average Bonchev–Trinajstić information content (AvgIpc) is 3.10. The van der Waals surface area contributed by atoms with E-state index in [9.17, 15) is 4.79 Å². The molecular weight excluding hydrogens is 332 g/mol. The molecule has 0 saturated heterocycles. The lowest BCUT2D eigenvalue weighted by Crippen LogP contribution is -2.07. The number of rotatable bonds is 7. The van der Waals surface area contributed by atoms with Gasteiger partial charge in [0, 0.05) is 24.9 Å². The molecule has 0 atom stereocenters. The van der Waals surface area contributed by atoms with Crippen LogP contribution in [0.4, 0.5) is 0 Å². The molecule has 0 N–H and O–H groups in total. The molecule has 0 aliphatic rings. The summed E-state index contributed by atoms with van der Waals surface area (Å²) < 4.78 is 7.24. The maximum absolute atomic E-state index is 12.3. The van der Waals surface area contributed by atoms with Crippen molar-refractivity contribution in [3.8, 4) is 11.4 Å². The smallest absolute Gasteiger partial charge is 0.173 e. The van der Waals surface area contributed by atoms with E-state index in [-0.39, 0.29) is 5.78 Å². The van der Waals surface area contributed by atoms with E-state index in [2.05, 4.69) is 4.98 Å². The fourth-order valence-electron chi connectivity index (χ4n) is 2.48. The van der Waals surface area contributed by atoms with Gasteiger partial charge in [0.1, 0.15) is 11.5 Å². The summed E-state index contributed by atoms with van der Waals surface area (Å²) in [5, 5.41) is 0.797. The number of aromatic nitrogens is 2. The predicted octanol–water partition coefficient (Wildman–Crippen LogP) is 4.09. The predicted molar refractivity (Wildman–Crippen MR) is 101 cm³/mol. The maximum atomic E-state index is 12.3. The van der Waals surface area contributed by atoms with Gasteiger partial charge < -0.3 is 4.74 Å². The maximum Gasteiger partial charge on any atom is 0.173 e. The highest BCUT2D eigenvalue weighted by Gasteiger charge is 2.10. The van der Waals surface area contributed by atoms with Crippen LogP contribution in [0.3, 0.4) is 0 Å². The standard InChI is InChI=1S/C20H20N2O2S/c1-15-6-8-16(9-7-15)12-18(23)14-25-20-21-10-11-22(20)17-4-3-5-19(13-17)24-2/h3-11,13H,12,14H2,1-2H3. The summed E-state index contributed by atoms with van der Waals surface area (Å²) in [4.78, 5) is 16.6. The fourth-order valence-corrected chi connectivity index (χ4v) is 3.32. The number of hydrogen-bond donors (Lipinski definition) is 0. The molecule has 2 aromatic carbocycles. The Kier molecular flexibility index (Phi) is 5.56. The molecule has 0 saturated carbocycles. The number of thioether (sulfide) groups is 1. The second-order valence-corrected chi connectivity index (χ2v) is 6.71. The summed E-state index contributed by atoms with van der Waals surface area (Å²) in [5.74, 6) is 1.38. The molecule has 25 heavy (non-hydrogen) atoms. The van der Waals surface area contributed by atoms with Crippen LogP contribution in [-0.2, 0) is 11.2 Å². The number of Topliss-reactive ketones (excluding diaryl/α,β-unsaturated/α-hetero) is 1. The molecule has 5 heteroatoms. The Labute approximate surface area is 151 Å². The molecule has 0 aliphatic heterocycles. The van der Waals surface area contributed by atoms with Crippen molar-refractivity contribution in [2.45, 2.75) is 18.5 Å². The van der Waals surface area contributed by atoms with Gasteiger partial charge in [-0.1, -0.05) is 47.7 Å². The molecule has 0 fully saturated rings. The number of carbonyl (C=O) groups excluding carboxylic acids is 1. The number of carbonyl (C=O) groups is 1. The van der Waals surface area contributed by atoms with Gasteiger partial charge >= 0.3 is 0 Å². The molecule has 3 aromatic rings. The van der Waals surface area contributed by atoms with Gasteiger partial charge in [-0.3, -0.25) is 9.36 Å². The van der Waals surface area contributed by atoms with Crippen molar-refractivity contribution in [2.75, 3.05) is 12.9 Å². The molecule has 0 aliphatic carbocycles. The molecular formula is C20H20N2O2S. The Bertz CT molecular complexity index is 856. The highest BCUT2D eigenvalue weighted by molar-refractivity contribution is 7.99. The molecule has 0 bridgehead atoms. The summed E-state index contributed by atoms with van der Waals surface area (Å²) in [7, 11) is 1.65. The van der Waals surface area contributed by atoms with Crippen LogP contribution in [0.1, 0.15) is 11.1 Å². The first-order valence-corrected chi connectivity index (χ1v) is 9.02.